The number of anilines is 3. The molecule has 59 heavy (non-hydrogen) atoms. The standard InChI is InChI=1S/C56H44N2O/c1-3-13-37(14-4-1)38-25-27-42(28-26-38)58(50-23-12-22-49-55(50)45-19-9-10-21-48(45)57(49)41-15-5-2-6-16-41)51-34-47-54-46(53-39-30-35-29-36(32-39)33-40(53)31-35)20-11-24-52(54)59-56(47)44-18-8-7-17-43(44)51/h1-28,34-36,39-40,53H,29-33H2. The van der Waals surface area contributed by atoms with Crippen LogP contribution in [0.3, 0.4) is 0 Å². The predicted molar refractivity (Wildman–Crippen MR) is 245 cm³/mol. The van der Waals surface area contributed by atoms with Crippen LogP contribution in [0.5, 0.6) is 0 Å². The molecule has 0 unspecified atom stereocenters. The maximum absolute atomic E-state index is 7.02. The molecule has 0 N–H and O–H groups in total. The van der Waals surface area contributed by atoms with Crippen molar-refractivity contribution in [1.82, 2.24) is 4.57 Å². The molecule has 8 aromatic carbocycles. The van der Waals surface area contributed by atoms with E-state index in [4.69, 9.17) is 4.42 Å². The topological polar surface area (TPSA) is 21.3 Å². The Labute approximate surface area is 344 Å². The summed E-state index contributed by atoms with van der Waals surface area (Å²) in [6.07, 6.45) is 7.04. The molecule has 4 saturated carbocycles. The van der Waals surface area contributed by atoms with E-state index in [1.807, 2.05) is 0 Å². The van der Waals surface area contributed by atoms with Gasteiger partial charge in [0.1, 0.15) is 11.2 Å². The Balaban J connectivity index is 1.10. The van der Waals surface area contributed by atoms with Gasteiger partial charge in [0.15, 0.2) is 0 Å². The second kappa shape index (κ2) is 13.0. The van der Waals surface area contributed by atoms with Crippen LogP contribution in [0.4, 0.5) is 17.1 Å². The van der Waals surface area contributed by atoms with Crippen molar-refractivity contribution in [2.75, 3.05) is 4.90 Å². The van der Waals surface area contributed by atoms with Crippen molar-refractivity contribution >= 4 is 71.6 Å². The highest BCUT2D eigenvalue weighted by atomic mass is 16.3. The van der Waals surface area contributed by atoms with E-state index < -0.39 is 0 Å². The van der Waals surface area contributed by atoms with Gasteiger partial charge in [-0.15, -0.1) is 0 Å². The van der Waals surface area contributed by atoms with Gasteiger partial charge in [0.2, 0.25) is 0 Å². The SMILES string of the molecule is c1ccc(-c2ccc(N(c3cc4c(oc5cccc(C6C7CC8CC(C7)CC6C8)c54)c4ccccc34)c3cccc4c3c3ccccc3n4-c3ccccc3)cc2)cc1. The molecule has 4 aliphatic carbocycles. The predicted octanol–water partition coefficient (Wildman–Crippen LogP) is 15.5. The number of fused-ring (bicyclic) bond motifs is 8. The normalized spacial score (nSPS) is 21.1. The zero-order chi connectivity index (χ0) is 38.6. The van der Waals surface area contributed by atoms with Crippen LogP contribution < -0.4 is 4.90 Å². The number of rotatable bonds is 6. The van der Waals surface area contributed by atoms with Gasteiger partial charge in [0.05, 0.1) is 22.4 Å². The number of benzene rings is 8. The van der Waals surface area contributed by atoms with Gasteiger partial charge in [-0.2, -0.15) is 0 Å². The molecule has 4 bridgehead atoms. The quantitative estimate of drug-likeness (QED) is 0.168. The zero-order valence-corrected chi connectivity index (χ0v) is 33.0. The number of nitrogens with zero attached hydrogens (tertiary/aromatic N) is 2. The fraction of sp³-hybridized carbons (Fsp3) is 0.179. The van der Waals surface area contributed by atoms with E-state index in [0.29, 0.717) is 5.92 Å². The van der Waals surface area contributed by atoms with Gasteiger partial charge >= 0.3 is 0 Å². The molecule has 0 atom stereocenters. The lowest BCUT2D eigenvalue weighted by Crippen LogP contribution is -2.43. The van der Waals surface area contributed by atoms with Crippen LogP contribution in [-0.4, -0.2) is 4.57 Å². The smallest absolute Gasteiger partial charge is 0.143 e. The van der Waals surface area contributed by atoms with Crippen molar-refractivity contribution in [2.24, 2.45) is 23.7 Å². The van der Waals surface area contributed by atoms with Crippen LogP contribution in [0, 0.1) is 23.7 Å². The fourth-order valence-electron chi connectivity index (χ4n) is 12.4. The van der Waals surface area contributed by atoms with Crippen molar-refractivity contribution < 1.29 is 4.42 Å². The third kappa shape index (κ3) is 5.07. The first-order chi connectivity index (χ1) is 29.2. The number of aromatic nitrogens is 1. The summed E-state index contributed by atoms with van der Waals surface area (Å²) >= 11 is 0. The molecule has 0 saturated heterocycles. The maximum atomic E-state index is 7.02. The van der Waals surface area contributed by atoms with Gasteiger partial charge in [-0.3, -0.25) is 0 Å². The summed E-state index contributed by atoms with van der Waals surface area (Å²) in [6.45, 7) is 0. The molecule has 284 valence electrons. The molecule has 2 heterocycles. The van der Waals surface area contributed by atoms with Crippen LogP contribution in [0.25, 0.3) is 71.3 Å². The van der Waals surface area contributed by atoms with Gasteiger partial charge in [-0.25, -0.2) is 0 Å². The van der Waals surface area contributed by atoms with Gasteiger partial charge < -0.3 is 13.9 Å². The van der Waals surface area contributed by atoms with Gasteiger partial charge in [0.25, 0.3) is 0 Å². The van der Waals surface area contributed by atoms with Crippen LogP contribution in [0.15, 0.2) is 180 Å². The highest BCUT2D eigenvalue weighted by molar-refractivity contribution is 6.22. The van der Waals surface area contributed by atoms with Gasteiger partial charge in [0, 0.05) is 43.7 Å². The lowest BCUT2D eigenvalue weighted by Gasteiger charge is -2.54. The Kier molecular flexibility index (Phi) is 7.34. The Morgan fingerprint density at radius 2 is 1.08 bits per heavy atom. The second-order valence-electron chi connectivity index (χ2n) is 17.7. The second-order valence-corrected chi connectivity index (χ2v) is 17.7. The molecule has 0 spiro atoms. The van der Waals surface area contributed by atoms with E-state index in [1.165, 1.54) is 86.8 Å². The van der Waals surface area contributed by atoms with Crippen molar-refractivity contribution in [3.63, 3.8) is 0 Å². The summed E-state index contributed by atoms with van der Waals surface area (Å²) in [5.41, 5.74) is 12.9. The van der Waals surface area contributed by atoms with Gasteiger partial charge in [-0.05, 0) is 133 Å². The Morgan fingerprint density at radius 3 is 1.85 bits per heavy atom. The van der Waals surface area contributed by atoms with E-state index in [1.54, 1.807) is 0 Å². The summed E-state index contributed by atoms with van der Waals surface area (Å²) in [7, 11) is 0. The average molecular weight is 761 g/mol. The lowest BCUT2D eigenvalue weighted by molar-refractivity contribution is -0.00229. The minimum Gasteiger partial charge on any atom is -0.455 e. The van der Waals surface area contributed by atoms with E-state index >= 15 is 0 Å². The van der Waals surface area contributed by atoms with E-state index in [-0.39, 0.29) is 0 Å². The molecule has 10 aromatic rings. The fourth-order valence-corrected chi connectivity index (χ4v) is 12.4. The van der Waals surface area contributed by atoms with Crippen LogP contribution in [0.1, 0.15) is 43.6 Å². The molecule has 2 aromatic heterocycles. The summed E-state index contributed by atoms with van der Waals surface area (Å²) in [4.78, 5) is 2.53. The molecule has 0 amide bonds. The average Bonchev–Trinajstić information content (AvgIpc) is 3.84. The van der Waals surface area contributed by atoms with Crippen molar-refractivity contribution in [3.8, 4) is 16.8 Å². The van der Waals surface area contributed by atoms with Crippen LogP contribution >= 0.6 is 0 Å². The number of hydrogen-bond donors (Lipinski definition) is 0. The van der Waals surface area contributed by atoms with Crippen LogP contribution in [0.2, 0.25) is 0 Å². The summed E-state index contributed by atoms with van der Waals surface area (Å²) in [6, 6.07) is 64.7. The molecular formula is C56H44N2O. The van der Waals surface area contributed by atoms with Gasteiger partial charge in [-0.1, -0.05) is 121 Å². The van der Waals surface area contributed by atoms with E-state index in [2.05, 4.69) is 185 Å². The number of hydrogen-bond acceptors (Lipinski definition) is 2. The molecule has 0 aliphatic heterocycles. The van der Waals surface area contributed by atoms with E-state index in [0.717, 1.165) is 63.0 Å². The molecule has 3 heteroatoms. The molecular weight excluding hydrogens is 717 g/mol. The Bertz CT molecular complexity index is 3200. The Hall–Kier alpha value is -6.58. The van der Waals surface area contributed by atoms with Crippen LogP contribution in [-0.2, 0) is 0 Å². The Morgan fingerprint density at radius 1 is 0.458 bits per heavy atom. The monoisotopic (exact) mass is 760 g/mol. The first-order valence-corrected chi connectivity index (χ1v) is 21.7. The molecule has 14 rings (SSSR count). The maximum Gasteiger partial charge on any atom is 0.143 e. The number of para-hydroxylation sites is 2. The first-order valence-electron chi connectivity index (χ1n) is 21.7. The largest absolute Gasteiger partial charge is 0.455 e. The third-order valence-electron chi connectivity index (χ3n) is 14.5. The molecule has 0 radical (unpaired) electrons. The minimum atomic E-state index is 0.599. The van der Waals surface area contributed by atoms with Crippen molar-refractivity contribution in [3.05, 3.63) is 181 Å². The highest BCUT2D eigenvalue weighted by Gasteiger charge is 2.49. The molecule has 4 fully saturated rings. The summed E-state index contributed by atoms with van der Waals surface area (Å²) in [5.74, 6) is 4.02. The highest BCUT2D eigenvalue weighted by Crippen LogP contribution is 2.61. The third-order valence-corrected chi connectivity index (χ3v) is 14.5. The van der Waals surface area contributed by atoms with Crippen molar-refractivity contribution in [1.29, 1.82) is 0 Å². The van der Waals surface area contributed by atoms with E-state index in [9.17, 15) is 0 Å². The summed E-state index contributed by atoms with van der Waals surface area (Å²) < 4.78 is 9.44. The molecule has 3 nitrogen and oxygen atoms in total. The minimum absolute atomic E-state index is 0.599. The first kappa shape index (κ1) is 33.4. The summed E-state index contributed by atoms with van der Waals surface area (Å²) in [5, 5.41) is 7.34. The molecule has 4 aliphatic rings. The van der Waals surface area contributed by atoms with Crippen molar-refractivity contribution in [2.45, 2.75) is 38.0 Å². The number of furan rings is 1. The lowest BCUT2D eigenvalue weighted by atomic mass is 9.50. The zero-order valence-electron chi connectivity index (χ0n) is 33.0.